The van der Waals surface area contributed by atoms with Gasteiger partial charge in [0.2, 0.25) is 0 Å². The Bertz CT molecular complexity index is 1100. The molecule has 1 aromatic carbocycles. The van der Waals surface area contributed by atoms with Crippen LogP contribution in [0.3, 0.4) is 0 Å². The number of nitrogens with one attached hydrogen (secondary N) is 2. The molecular weight excluding hydrogens is 380 g/mol. The molecule has 140 valence electrons. The van der Waals surface area contributed by atoms with Crippen LogP contribution < -0.4 is 10.9 Å². The van der Waals surface area contributed by atoms with Crippen LogP contribution in [0.5, 0.6) is 5.75 Å². The molecule has 1 amide bonds. The van der Waals surface area contributed by atoms with Gasteiger partial charge in [0.15, 0.2) is 0 Å². The number of aromatic amines is 1. The zero-order valence-corrected chi connectivity index (χ0v) is 16.7. The van der Waals surface area contributed by atoms with E-state index in [4.69, 9.17) is 0 Å². The lowest BCUT2D eigenvalue weighted by molar-refractivity contribution is 0.102. The molecule has 0 bridgehead atoms. The van der Waals surface area contributed by atoms with Crippen LogP contribution in [0.2, 0.25) is 0 Å². The van der Waals surface area contributed by atoms with Crippen molar-refractivity contribution in [1.82, 2.24) is 4.98 Å². The number of H-pyrrole nitrogens is 1. The van der Waals surface area contributed by atoms with E-state index in [9.17, 15) is 14.7 Å². The fraction of sp³-hybridized carbons (Fsp3) is 0.300. The fourth-order valence-corrected chi connectivity index (χ4v) is 5.46. The van der Waals surface area contributed by atoms with Crippen LogP contribution in [0.25, 0.3) is 10.2 Å². The minimum Gasteiger partial charge on any atom is -0.506 e. The van der Waals surface area contributed by atoms with Crippen molar-refractivity contribution in [2.45, 2.75) is 31.1 Å². The van der Waals surface area contributed by atoms with E-state index in [1.807, 2.05) is 24.5 Å². The summed E-state index contributed by atoms with van der Waals surface area (Å²) in [7, 11) is 0. The third kappa shape index (κ3) is 3.26. The summed E-state index contributed by atoms with van der Waals surface area (Å²) in [5.41, 5.74) is 0.869. The van der Waals surface area contributed by atoms with Crippen molar-refractivity contribution in [3.05, 3.63) is 50.6 Å². The van der Waals surface area contributed by atoms with Gasteiger partial charge in [0.1, 0.15) is 16.1 Å². The zero-order valence-electron chi connectivity index (χ0n) is 15.1. The largest absolute Gasteiger partial charge is 0.506 e. The summed E-state index contributed by atoms with van der Waals surface area (Å²) >= 11 is 3.07. The molecule has 1 unspecified atom stereocenters. The summed E-state index contributed by atoms with van der Waals surface area (Å²) < 4.78 is 0. The molecule has 4 rings (SSSR count). The van der Waals surface area contributed by atoms with Crippen molar-refractivity contribution in [3.8, 4) is 5.75 Å². The molecule has 2 heterocycles. The zero-order chi connectivity index (χ0) is 19.1. The summed E-state index contributed by atoms with van der Waals surface area (Å²) in [4.78, 5) is 30.9. The average molecular weight is 401 g/mol. The first-order chi connectivity index (χ1) is 13.0. The lowest BCUT2D eigenvalue weighted by Gasteiger charge is -2.18. The number of aromatic hydroxyl groups is 1. The Morgan fingerprint density at radius 3 is 3.00 bits per heavy atom. The Hall–Kier alpha value is -2.25. The van der Waals surface area contributed by atoms with Crippen LogP contribution in [0.15, 0.2) is 34.0 Å². The van der Waals surface area contributed by atoms with E-state index in [-0.39, 0.29) is 11.3 Å². The number of benzene rings is 1. The molecule has 1 aliphatic carbocycles. The molecule has 1 atom stereocenters. The van der Waals surface area contributed by atoms with Crippen molar-refractivity contribution in [1.29, 1.82) is 0 Å². The smallest absolute Gasteiger partial charge is 0.265 e. The van der Waals surface area contributed by atoms with Crippen molar-refractivity contribution in [2.24, 2.45) is 5.92 Å². The van der Waals surface area contributed by atoms with Crippen LogP contribution in [-0.2, 0) is 12.8 Å². The van der Waals surface area contributed by atoms with Gasteiger partial charge in [0.05, 0.1) is 5.39 Å². The monoisotopic (exact) mass is 400 g/mol. The molecule has 3 aromatic rings. The number of thioether (sulfide) groups is 1. The van der Waals surface area contributed by atoms with Gasteiger partial charge in [-0.15, -0.1) is 23.1 Å². The Labute approximate surface area is 164 Å². The second-order valence-electron chi connectivity index (χ2n) is 6.92. The first-order valence-electron chi connectivity index (χ1n) is 8.82. The minimum absolute atomic E-state index is 0.209. The van der Waals surface area contributed by atoms with Crippen LogP contribution in [0.1, 0.15) is 34.1 Å². The van der Waals surface area contributed by atoms with Gasteiger partial charge in [-0.05, 0) is 55.2 Å². The molecule has 0 radical (unpaired) electrons. The number of rotatable bonds is 3. The molecule has 27 heavy (non-hydrogen) atoms. The summed E-state index contributed by atoms with van der Waals surface area (Å²) in [5, 5.41) is 14.2. The lowest BCUT2D eigenvalue weighted by atomic mass is 9.89. The summed E-state index contributed by atoms with van der Waals surface area (Å²) in [6.45, 7) is 2.21. The summed E-state index contributed by atoms with van der Waals surface area (Å²) in [6.07, 6.45) is 4.79. The Balaban J connectivity index is 1.77. The number of thiophene rings is 1. The molecule has 0 saturated heterocycles. The van der Waals surface area contributed by atoms with Crippen molar-refractivity contribution >= 4 is 44.9 Å². The molecule has 7 heteroatoms. The number of amides is 1. The average Bonchev–Trinajstić information content (AvgIpc) is 2.98. The number of carbonyl (C=O) groups excluding carboxylic acids is 1. The number of carbonyl (C=O) groups is 1. The van der Waals surface area contributed by atoms with E-state index >= 15 is 0 Å². The molecule has 0 aliphatic heterocycles. The van der Waals surface area contributed by atoms with Gasteiger partial charge >= 0.3 is 0 Å². The highest BCUT2D eigenvalue weighted by Gasteiger charge is 2.27. The molecule has 1 aliphatic rings. The van der Waals surface area contributed by atoms with Crippen LogP contribution in [-0.4, -0.2) is 22.3 Å². The minimum atomic E-state index is -0.599. The van der Waals surface area contributed by atoms with Crippen molar-refractivity contribution in [3.63, 3.8) is 0 Å². The maximum absolute atomic E-state index is 12.7. The van der Waals surface area contributed by atoms with Gasteiger partial charge in [0, 0.05) is 15.5 Å². The van der Waals surface area contributed by atoms with Crippen LogP contribution in [0.4, 0.5) is 5.69 Å². The molecule has 5 nitrogen and oxygen atoms in total. The number of anilines is 1. The van der Waals surface area contributed by atoms with Crippen molar-refractivity contribution in [2.75, 3.05) is 11.6 Å². The van der Waals surface area contributed by atoms with E-state index in [1.165, 1.54) is 16.2 Å². The number of aryl methyl sites for hydroxylation is 1. The number of fused-ring (bicyclic) bond motifs is 3. The lowest BCUT2D eigenvalue weighted by Crippen LogP contribution is -2.23. The predicted octanol–water partition coefficient (Wildman–Crippen LogP) is 4.39. The topological polar surface area (TPSA) is 82.2 Å². The van der Waals surface area contributed by atoms with E-state index in [2.05, 4.69) is 17.2 Å². The highest BCUT2D eigenvalue weighted by atomic mass is 32.2. The van der Waals surface area contributed by atoms with Crippen LogP contribution in [0, 0.1) is 5.92 Å². The molecular formula is C20H20N2O3S2. The third-order valence-corrected chi connectivity index (χ3v) is 6.89. The second-order valence-corrected chi connectivity index (χ2v) is 8.90. The molecule has 0 fully saturated rings. The second kappa shape index (κ2) is 7.05. The summed E-state index contributed by atoms with van der Waals surface area (Å²) in [6, 6.07) is 7.37. The van der Waals surface area contributed by atoms with E-state index in [0.29, 0.717) is 21.8 Å². The Morgan fingerprint density at radius 1 is 1.41 bits per heavy atom. The van der Waals surface area contributed by atoms with Gasteiger partial charge < -0.3 is 15.4 Å². The van der Waals surface area contributed by atoms with Crippen molar-refractivity contribution < 1.29 is 9.90 Å². The first kappa shape index (κ1) is 18.1. The van der Waals surface area contributed by atoms with E-state index in [0.717, 1.165) is 29.7 Å². The highest BCUT2D eigenvalue weighted by molar-refractivity contribution is 7.98. The predicted molar refractivity (Wildman–Crippen MR) is 111 cm³/mol. The highest BCUT2D eigenvalue weighted by Crippen LogP contribution is 2.41. The third-order valence-electron chi connectivity index (χ3n) is 4.99. The molecule has 0 spiro atoms. The first-order valence-corrected chi connectivity index (χ1v) is 10.9. The number of hydrogen-bond acceptors (Lipinski definition) is 5. The van der Waals surface area contributed by atoms with Gasteiger partial charge in [-0.25, -0.2) is 0 Å². The maximum atomic E-state index is 12.7. The van der Waals surface area contributed by atoms with Gasteiger partial charge in [-0.3, -0.25) is 9.59 Å². The van der Waals surface area contributed by atoms with Gasteiger partial charge in [0.25, 0.3) is 11.5 Å². The van der Waals surface area contributed by atoms with Gasteiger partial charge in [-0.2, -0.15) is 0 Å². The van der Waals surface area contributed by atoms with E-state index in [1.54, 1.807) is 17.8 Å². The van der Waals surface area contributed by atoms with Crippen LogP contribution >= 0.6 is 23.1 Å². The Kier molecular flexibility index (Phi) is 4.74. The number of hydrogen-bond donors (Lipinski definition) is 3. The quantitative estimate of drug-likeness (QED) is 0.569. The molecule has 3 N–H and O–H groups in total. The number of aromatic nitrogens is 1. The Morgan fingerprint density at radius 2 is 2.22 bits per heavy atom. The van der Waals surface area contributed by atoms with E-state index < -0.39 is 11.5 Å². The SMILES string of the molecule is CSc1cccc(NC(=O)c2c(O)c3c4c(sc3[nH]c2=O)CC(C)CC4)c1. The number of pyridine rings is 1. The van der Waals surface area contributed by atoms with Gasteiger partial charge in [-0.1, -0.05) is 13.0 Å². The molecule has 0 saturated carbocycles. The standard InChI is InChI=1S/C20H20N2O3S2/c1-10-6-7-13-14(8-10)27-20-15(13)17(23)16(19(25)22-20)18(24)21-11-4-3-5-12(9-11)26-2/h3-5,9-10H,6-8H2,1-2H3,(H,21,24)(H2,22,23,25). The normalized spacial score (nSPS) is 16.3. The molecule has 2 aromatic heterocycles. The summed E-state index contributed by atoms with van der Waals surface area (Å²) in [5.74, 6) is -0.219. The fourth-order valence-electron chi connectivity index (χ4n) is 3.59. The maximum Gasteiger partial charge on any atom is 0.265 e.